The molecule has 10 nitrogen and oxygen atoms in total. The van der Waals surface area contributed by atoms with E-state index in [-0.39, 0.29) is 23.1 Å². The lowest BCUT2D eigenvalue weighted by Crippen LogP contribution is -2.36. The molecule has 0 spiro atoms. The van der Waals surface area contributed by atoms with Gasteiger partial charge in [-0.1, -0.05) is 13.8 Å². The first kappa shape index (κ1) is 22.8. The van der Waals surface area contributed by atoms with Crippen molar-refractivity contribution in [2.45, 2.75) is 13.8 Å². The average molecular weight is 449 g/mol. The fraction of sp³-hybridized carbons (Fsp3) is 0.450. The highest BCUT2D eigenvalue weighted by Crippen LogP contribution is 2.35. The molecule has 0 radical (unpaired) electrons. The van der Waals surface area contributed by atoms with Crippen LogP contribution < -0.4 is 4.90 Å². The van der Waals surface area contributed by atoms with E-state index in [1.54, 1.807) is 6.07 Å². The third-order valence-electron chi connectivity index (χ3n) is 4.60. The van der Waals surface area contributed by atoms with Crippen molar-refractivity contribution < 1.29 is 28.8 Å². The van der Waals surface area contributed by atoms with Gasteiger partial charge in [0, 0.05) is 36.5 Å². The first-order chi connectivity index (χ1) is 14.8. The van der Waals surface area contributed by atoms with Crippen molar-refractivity contribution in [3.63, 3.8) is 0 Å². The summed E-state index contributed by atoms with van der Waals surface area (Å²) in [5, 5.41) is 10.7. The molecular weight excluding hydrogens is 426 g/mol. The number of hydrogen-bond acceptors (Lipinski definition) is 9. The fourth-order valence-electron chi connectivity index (χ4n) is 3.08. The molecule has 166 valence electrons. The second kappa shape index (κ2) is 9.92. The van der Waals surface area contributed by atoms with Crippen LogP contribution in [0.5, 0.6) is 0 Å². The second-order valence-electron chi connectivity index (χ2n) is 7.44. The number of amides is 2. The topological polar surface area (TPSA) is 119 Å². The second-order valence-corrected chi connectivity index (χ2v) is 8.44. The zero-order chi connectivity index (χ0) is 22.5. The van der Waals surface area contributed by atoms with Crippen molar-refractivity contribution in [2.75, 3.05) is 44.4 Å². The van der Waals surface area contributed by atoms with Crippen molar-refractivity contribution in [2.24, 2.45) is 5.92 Å². The number of thioether (sulfide) groups is 1. The third kappa shape index (κ3) is 5.61. The summed E-state index contributed by atoms with van der Waals surface area (Å²) < 4.78 is 10.4. The Kier molecular flexibility index (Phi) is 7.29. The molecule has 0 bridgehead atoms. The van der Waals surface area contributed by atoms with Gasteiger partial charge in [-0.2, -0.15) is 0 Å². The number of hydrogen-bond donors (Lipinski definition) is 0. The Morgan fingerprint density at radius 1 is 1.32 bits per heavy atom. The number of ether oxygens (including phenoxy) is 2. The molecule has 1 aromatic carbocycles. The zero-order valence-corrected chi connectivity index (χ0v) is 18.1. The van der Waals surface area contributed by atoms with Gasteiger partial charge in [0.15, 0.2) is 0 Å². The molecule has 0 unspecified atom stereocenters. The number of carbonyl (C=O) groups is 3. The van der Waals surface area contributed by atoms with Crippen LogP contribution in [0.15, 0.2) is 23.1 Å². The van der Waals surface area contributed by atoms with Crippen molar-refractivity contribution >= 4 is 46.3 Å². The number of imide groups is 1. The molecule has 0 saturated carbocycles. The van der Waals surface area contributed by atoms with Crippen molar-refractivity contribution in [3.8, 4) is 0 Å². The Morgan fingerprint density at radius 3 is 2.68 bits per heavy atom. The molecule has 3 rings (SSSR count). The number of morpholine rings is 1. The monoisotopic (exact) mass is 449 g/mol. The first-order valence-corrected chi connectivity index (χ1v) is 10.6. The summed E-state index contributed by atoms with van der Waals surface area (Å²) in [6.45, 7) is 5.71. The van der Waals surface area contributed by atoms with Crippen LogP contribution in [0.2, 0.25) is 0 Å². The maximum atomic E-state index is 12.7. The standard InChI is InChI=1S/C20H23N3O7S/c1-13(2)12-30-18(24)11-22-19(25)17(31-20(22)26)10-14-9-15(23(27)28)3-4-16(14)21-5-7-29-8-6-21/h3-4,9-10,13H,5-8,11-12H2,1-2H3/b17-10-. The molecule has 0 N–H and O–H groups in total. The van der Waals surface area contributed by atoms with Crippen LogP contribution in [0.1, 0.15) is 19.4 Å². The van der Waals surface area contributed by atoms with Crippen LogP contribution in [-0.4, -0.2) is 66.4 Å². The molecule has 0 atom stereocenters. The number of non-ortho nitro benzene ring substituents is 1. The normalized spacial score (nSPS) is 18.2. The summed E-state index contributed by atoms with van der Waals surface area (Å²) in [5.74, 6) is -1.16. The minimum absolute atomic E-state index is 0.0941. The number of carbonyl (C=O) groups excluding carboxylic acids is 3. The van der Waals surface area contributed by atoms with Gasteiger partial charge in [0.1, 0.15) is 6.54 Å². The SMILES string of the molecule is CC(C)COC(=O)CN1C(=O)S/C(=C\c2cc([N+](=O)[O-])ccc2N2CCOCC2)C1=O. The maximum Gasteiger partial charge on any atom is 0.326 e. The highest BCUT2D eigenvalue weighted by atomic mass is 32.2. The molecule has 2 aliphatic heterocycles. The Hall–Kier alpha value is -2.92. The molecule has 0 aromatic heterocycles. The van der Waals surface area contributed by atoms with Crippen LogP contribution in [0.3, 0.4) is 0 Å². The van der Waals surface area contributed by atoms with E-state index in [1.165, 1.54) is 18.2 Å². The lowest BCUT2D eigenvalue weighted by molar-refractivity contribution is -0.384. The van der Waals surface area contributed by atoms with Crippen LogP contribution in [0.25, 0.3) is 6.08 Å². The van der Waals surface area contributed by atoms with Crippen LogP contribution >= 0.6 is 11.8 Å². The number of nitrogens with zero attached hydrogens (tertiary/aromatic N) is 3. The van der Waals surface area contributed by atoms with E-state index in [1.807, 2.05) is 18.7 Å². The molecular formula is C20H23N3O7S. The van der Waals surface area contributed by atoms with Gasteiger partial charge in [-0.3, -0.25) is 29.4 Å². The Balaban J connectivity index is 1.85. The summed E-state index contributed by atoms with van der Waals surface area (Å²) in [6, 6.07) is 4.40. The lowest BCUT2D eigenvalue weighted by atomic mass is 10.1. The van der Waals surface area contributed by atoms with E-state index in [2.05, 4.69) is 0 Å². The molecule has 0 aliphatic carbocycles. The number of nitro groups is 1. The van der Waals surface area contributed by atoms with Crippen LogP contribution in [0, 0.1) is 16.0 Å². The molecule has 2 saturated heterocycles. The number of nitro benzene ring substituents is 1. The van der Waals surface area contributed by atoms with Gasteiger partial charge in [0.25, 0.3) is 16.8 Å². The number of anilines is 1. The number of esters is 1. The summed E-state index contributed by atoms with van der Waals surface area (Å²) in [6.07, 6.45) is 1.46. The molecule has 11 heteroatoms. The van der Waals surface area contributed by atoms with E-state index in [0.717, 1.165) is 4.90 Å². The fourth-order valence-corrected chi connectivity index (χ4v) is 3.90. The van der Waals surface area contributed by atoms with Crippen LogP contribution in [-0.2, 0) is 19.1 Å². The maximum absolute atomic E-state index is 12.7. The predicted octanol–water partition coefficient (Wildman–Crippen LogP) is 2.67. The van der Waals surface area contributed by atoms with Crippen molar-refractivity contribution in [3.05, 3.63) is 38.8 Å². The lowest BCUT2D eigenvalue weighted by Gasteiger charge is -2.30. The van der Waals surface area contributed by atoms with E-state index in [9.17, 15) is 24.5 Å². The molecule has 31 heavy (non-hydrogen) atoms. The minimum atomic E-state index is -0.665. The van der Waals surface area contributed by atoms with Crippen LogP contribution in [0.4, 0.5) is 16.2 Å². The Bertz CT molecular complexity index is 925. The molecule has 2 aliphatic rings. The molecule has 2 amide bonds. The van der Waals surface area contributed by atoms with E-state index < -0.39 is 28.6 Å². The van der Waals surface area contributed by atoms with Gasteiger partial charge >= 0.3 is 5.97 Å². The summed E-state index contributed by atoms with van der Waals surface area (Å²) >= 11 is 0.690. The van der Waals surface area contributed by atoms with Gasteiger partial charge in [-0.05, 0) is 29.8 Å². The van der Waals surface area contributed by atoms with Gasteiger partial charge in [0.2, 0.25) is 0 Å². The van der Waals surface area contributed by atoms with Crippen molar-refractivity contribution in [1.82, 2.24) is 4.90 Å². The van der Waals surface area contributed by atoms with Gasteiger partial charge in [-0.25, -0.2) is 0 Å². The quantitative estimate of drug-likeness (QED) is 0.268. The summed E-state index contributed by atoms with van der Waals surface area (Å²) in [7, 11) is 0. The first-order valence-electron chi connectivity index (χ1n) is 9.78. The van der Waals surface area contributed by atoms with Crippen molar-refractivity contribution in [1.29, 1.82) is 0 Å². The third-order valence-corrected chi connectivity index (χ3v) is 5.51. The molecule has 2 fully saturated rings. The molecule has 1 aromatic rings. The summed E-state index contributed by atoms with van der Waals surface area (Å²) in [4.78, 5) is 50.6. The summed E-state index contributed by atoms with van der Waals surface area (Å²) in [5.41, 5.74) is 1.03. The van der Waals surface area contributed by atoms with E-state index in [0.29, 0.717) is 49.3 Å². The van der Waals surface area contributed by atoms with Gasteiger partial charge in [0.05, 0.1) is 29.6 Å². The smallest absolute Gasteiger partial charge is 0.326 e. The van der Waals surface area contributed by atoms with Gasteiger partial charge < -0.3 is 14.4 Å². The number of benzene rings is 1. The predicted molar refractivity (Wildman–Crippen MR) is 115 cm³/mol. The average Bonchev–Trinajstić information content (AvgIpc) is 3.00. The number of rotatable bonds is 7. The Morgan fingerprint density at radius 2 is 2.03 bits per heavy atom. The minimum Gasteiger partial charge on any atom is -0.464 e. The van der Waals surface area contributed by atoms with Gasteiger partial charge in [-0.15, -0.1) is 0 Å². The molecule has 2 heterocycles. The highest BCUT2D eigenvalue weighted by Gasteiger charge is 2.37. The Labute approximate surface area is 183 Å². The zero-order valence-electron chi connectivity index (χ0n) is 17.2. The van der Waals surface area contributed by atoms with E-state index in [4.69, 9.17) is 9.47 Å². The highest BCUT2D eigenvalue weighted by molar-refractivity contribution is 8.18. The largest absolute Gasteiger partial charge is 0.464 e. The van der Waals surface area contributed by atoms with E-state index >= 15 is 0 Å².